The van der Waals surface area contributed by atoms with Gasteiger partial charge < -0.3 is 24.3 Å². The highest BCUT2D eigenvalue weighted by Crippen LogP contribution is 2.35. The number of hydrogen-bond acceptors (Lipinski definition) is 8. The topological polar surface area (TPSA) is 125 Å². The fourth-order valence-corrected chi connectivity index (χ4v) is 5.49. The molecule has 0 fully saturated rings. The largest absolute Gasteiger partial charge is 0.496 e. The summed E-state index contributed by atoms with van der Waals surface area (Å²) in [5.74, 6) is -0.107. The molecule has 10 nitrogen and oxygen atoms in total. The van der Waals surface area contributed by atoms with Crippen LogP contribution in [0.5, 0.6) is 23.0 Å². The molecule has 1 aliphatic heterocycles. The molecule has 2 amide bonds. The number of hydrazone groups is 1. The Morgan fingerprint density at radius 3 is 2.56 bits per heavy atom. The van der Waals surface area contributed by atoms with Crippen LogP contribution in [-0.4, -0.2) is 37.9 Å². The summed E-state index contributed by atoms with van der Waals surface area (Å²) in [4.78, 5) is 38.6. The van der Waals surface area contributed by atoms with E-state index in [1.165, 1.54) is 31.5 Å². The van der Waals surface area contributed by atoms with Gasteiger partial charge in [-0.25, -0.2) is 10.2 Å². The smallest absolute Gasteiger partial charge is 0.343 e. The van der Waals surface area contributed by atoms with Crippen LogP contribution in [-0.2, 0) is 0 Å². The Labute approximate surface area is 267 Å². The number of rotatable bonds is 8. The van der Waals surface area contributed by atoms with Gasteiger partial charge in [-0.05, 0) is 82.7 Å². The third-order valence-electron chi connectivity index (χ3n) is 6.00. The van der Waals surface area contributed by atoms with Crippen molar-refractivity contribution in [3.05, 3.63) is 109 Å². The fourth-order valence-electron chi connectivity index (χ4n) is 3.98. The van der Waals surface area contributed by atoms with Gasteiger partial charge in [-0.1, -0.05) is 33.6 Å². The van der Waals surface area contributed by atoms with Crippen LogP contribution in [0, 0.1) is 0 Å². The molecule has 218 valence electrons. The monoisotopic (exact) mass is 727 g/mol. The molecule has 0 unspecified atom stereocenters. The molecule has 4 aromatic rings. The maximum atomic E-state index is 12.9. The number of carbonyl (C=O) groups excluding carboxylic acids is 3. The summed E-state index contributed by atoms with van der Waals surface area (Å²) in [5.41, 5.74) is 3.95. The van der Waals surface area contributed by atoms with Gasteiger partial charge in [-0.15, -0.1) is 0 Å². The third-order valence-corrected chi connectivity index (χ3v) is 7.28. The first-order valence-electron chi connectivity index (χ1n) is 12.4. The van der Waals surface area contributed by atoms with Crippen LogP contribution >= 0.6 is 43.5 Å². The first-order chi connectivity index (χ1) is 20.7. The predicted octanol–water partition coefficient (Wildman–Crippen LogP) is 6.84. The Hall–Kier alpha value is -4.39. The zero-order chi connectivity index (χ0) is 30.5. The highest BCUT2D eigenvalue weighted by atomic mass is 79.9. The summed E-state index contributed by atoms with van der Waals surface area (Å²) in [7, 11) is 1.45. The van der Waals surface area contributed by atoms with Crippen molar-refractivity contribution in [1.29, 1.82) is 0 Å². The minimum atomic E-state index is -0.630. The van der Waals surface area contributed by atoms with E-state index in [1.54, 1.807) is 54.6 Å². The second kappa shape index (κ2) is 13.3. The maximum Gasteiger partial charge on any atom is 0.343 e. The van der Waals surface area contributed by atoms with Crippen molar-refractivity contribution in [1.82, 2.24) is 5.43 Å². The van der Waals surface area contributed by atoms with Crippen molar-refractivity contribution in [2.45, 2.75) is 0 Å². The lowest BCUT2D eigenvalue weighted by atomic mass is 10.1. The van der Waals surface area contributed by atoms with Gasteiger partial charge in [0.05, 0.1) is 28.9 Å². The molecule has 0 aliphatic carbocycles. The molecule has 13 heteroatoms. The van der Waals surface area contributed by atoms with Crippen LogP contribution in [0.3, 0.4) is 0 Å². The van der Waals surface area contributed by atoms with Gasteiger partial charge in [-0.3, -0.25) is 9.59 Å². The number of carbonyl (C=O) groups is 3. The van der Waals surface area contributed by atoms with Gasteiger partial charge in [0, 0.05) is 26.3 Å². The Balaban J connectivity index is 1.28. The van der Waals surface area contributed by atoms with E-state index in [0.717, 1.165) is 0 Å². The van der Waals surface area contributed by atoms with Crippen molar-refractivity contribution in [2.75, 3.05) is 19.2 Å². The third kappa shape index (κ3) is 7.16. The summed E-state index contributed by atoms with van der Waals surface area (Å²) >= 11 is 12.9. The molecule has 0 radical (unpaired) electrons. The normalized spacial score (nSPS) is 11.7. The fraction of sp³-hybridized carbons (Fsp3) is 0.0667. The van der Waals surface area contributed by atoms with E-state index in [-0.39, 0.29) is 29.2 Å². The molecule has 0 saturated heterocycles. The Morgan fingerprint density at radius 1 is 0.930 bits per heavy atom. The molecule has 0 spiro atoms. The SMILES string of the molecule is COc1ccc(Cl)cc1C(=O)Nc1cccc(C(=O)NN=Cc2cc(Br)cc(Br)c2OC(=O)c2ccc3c(c2)OCO3)c1. The van der Waals surface area contributed by atoms with E-state index < -0.39 is 17.8 Å². The van der Waals surface area contributed by atoms with Crippen LogP contribution < -0.4 is 29.7 Å². The quantitative estimate of drug-likeness (QED) is 0.0882. The molecule has 1 aliphatic rings. The molecule has 5 rings (SSSR count). The van der Waals surface area contributed by atoms with E-state index in [0.29, 0.717) is 42.5 Å². The maximum absolute atomic E-state index is 12.9. The molecular weight excluding hydrogens is 710 g/mol. The number of amides is 2. The van der Waals surface area contributed by atoms with Gasteiger partial charge in [0.2, 0.25) is 6.79 Å². The van der Waals surface area contributed by atoms with E-state index in [9.17, 15) is 14.4 Å². The van der Waals surface area contributed by atoms with Crippen molar-refractivity contribution in [3.63, 3.8) is 0 Å². The number of benzene rings is 4. The molecule has 0 aromatic heterocycles. The number of fused-ring (bicyclic) bond motifs is 1. The lowest BCUT2D eigenvalue weighted by Gasteiger charge is -2.11. The van der Waals surface area contributed by atoms with E-state index in [1.807, 2.05) is 0 Å². The highest BCUT2D eigenvalue weighted by molar-refractivity contribution is 9.11. The second-order valence-corrected chi connectivity index (χ2v) is 11.0. The van der Waals surface area contributed by atoms with Crippen LogP contribution in [0.25, 0.3) is 0 Å². The minimum absolute atomic E-state index is 0.0790. The van der Waals surface area contributed by atoms with Crippen molar-refractivity contribution in [3.8, 4) is 23.0 Å². The molecule has 2 N–H and O–H groups in total. The lowest BCUT2D eigenvalue weighted by molar-refractivity contribution is 0.0732. The van der Waals surface area contributed by atoms with Crippen LogP contribution in [0.4, 0.5) is 5.69 Å². The highest BCUT2D eigenvalue weighted by Gasteiger charge is 2.20. The van der Waals surface area contributed by atoms with Crippen molar-refractivity contribution >= 4 is 73.1 Å². The molecular formula is C30H20Br2ClN3O7. The first kappa shape index (κ1) is 30.1. The molecule has 43 heavy (non-hydrogen) atoms. The average molecular weight is 730 g/mol. The standard InChI is InChI=1S/C30H20Br2ClN3O7/c1-40-24-8-6-20(33)13-22(24)29(38)35-21-4-2-3-16(10-21)28(37)36-34-14-18-9-19(31)12-23(32)27(18)43-30(39)17-5-7-25-26(11-17)42-15-41-25/h2-14H,15H2,1H3,(H,35,38)(H,36,37). The number of nitrogens with one attached hydrogen (secondary N) is 2. The average Bonchev–Trinajstić information content (AvgIpc) is 3.47. The van der Waals surface area contributed by atoms with Crippen molar-refractivity contribution in [2.24, 2.45) is 5.10 Å². The zero-order valence-electron chi connectivity index (χ0n) is 22.2. The summed E-state index contributed by atoms with van der Waals surface area (Å²) in [5, 5.41) is 7.15. The molecule has 0 bridgehead atoms. The summed E-state index contributed by atoms with van der Waals surface area (Å²) in [6.07, 6.45) is 1.34. The summed E-state index contributed by atoms with van der Waals surface area (Å²) in [6.45, 7) is 0.0790. The molecule has 4 aromatic carbocycles. The predicted molar refractivity (Wildman–Crippen MR) is 167 cm³/mol. The number of nitrogens with zero attached hydrogens (tertiary/aromatic N) is 1. The number of hydrogen-bond donors (Lipinski definition) is 2. The van der Waals surface area contributed by atoms with Crippen LogP contribution in [0.2, 0.25) is 5.02 Å². The second-order valence-electron chi connectivity index (χ2n) is 8.84. The zero-order valence-corrected chi connectivity index (χ0v) is 26.1. The number of esters is 1. The minimum Gasteiger partial charge on any atom is -0.496 e. The summed E-state index contributed by atoms with van der Waals surface area (Å²) in [6, 6.07) is 19.1. The Kier molecular flexibility index (Phi) is 9.29. The molecule has 0 atom stereocenters. The number of methoxy groups -OCH3 is 1. The lowest BCUT2D eigenvalue weighted by Crippen LogP contribution is -2.19. The van der Waals surface area contributed by atoms with Gasteiger partial charge in [0.1, 0.15) is 5.75 Å². The summed E-state index contributed by atoms with van der Waals surface area (Å²) < 4.78 is 22.7. The number of ether oxygens (including phenoxy) is 4. The van der Waals surface area contributed by atoms with Gasteiger partial charge in [0.25, 0.3) is 11.8 Å². The Bertz CT molecular complexity index is 1780. The Morgan fingerprint density at radius 2 is 1.74 bits per heavy atom. The van der Waals surface area contributed by atoms with Crippen LogP contribution in [0.15, 0.2) is 86.8 Å². The van der Waals surface area contributed by atoms with Crippen molar-refractivity contribution < 1.29 is 33.3 Å². The van der Waals surface area contributed by atoms with E-state index in [4.69, 9.17) is 30.5 Å². The number of halogens is 3. The van der Waals surface area contributed by atoms with E-state index >= 15 is 0 Å². The molecule has 0 saturated carbocycles. The van der Waals surface area contributed by atoms with Crippen LogP contribution in [0.1, 0.15) is 36.6 Å². The van der Waals surface area contributed by atoms with Gasteiger partial charge in [0.15, 0.2) is 17.2 Å². The molecule has 1 heterocycles. The van der Waals surface area contributed by atoms with Gasteiger partial charge in [-0.2, -0.15) is 5.10 Å². The van der Waals surface area contributed by atoms with E-state index in [2.05, 4.69) is 47.7 Å². The van der Waals surface area contributed by atoms with Gasteiger partial charge >= 0.3 is 5.97 Å². The number of anilines is 1. The first-order valence-corrected chi connectivity index (χ1v) is 14.4.